The Morgan fingerprint density at radius 1 is 1.28 bits per heavy atom. The number of nitrogens with one attached hydrogen (secondary N) is 1. The molecule has 1 aliphatic heterocycles. The van der Waals surface area contributed by atoms with Crippen LogP contribution < -0.4 is 10.2 Å². The third-order valence-corrected chi connectivity index (χ3v) is 5.50. The highest BCUT2D eigenvalue weighted by atomic mass is 32.1. The van der Waals surface area contributed by atoms with Crippen molar-refractivity contribution in [1.29, 1.82) is 0 Å². The van der Waals surface area contributed by atoms with Gasteiger partial charge in [-0.1, -0.05) is 23.2 Å². The van der Waals surface area contributed by atoms with Gasteiger partial charge in [0.05, 0.1) is 18.8 Å². The molecule has 0 radical (unpaired) electrons. The minimum absolute atomic E-state index is 0.185. The number of benzene rings is 1. The number of amides is 2. The van der Waals surface area contributed by atoms with E-state index in [0.29, 0.717) is 23.7 Å². The van der Waals surface area contributed by atoms with E-state index in [1.54, 1.807) is 4.90 Å². The van der Waals surface area contributed by atoms with Gasteiger partial charge in [-0.15, -0.1) is 0 Å². The molecule has 0 saturated carbocycles. The first kappa shape index (κ1) is 18.8. The van der Waals surface area contributed by atoms with Crippen molar-refractivity contribution in [3.05, 3.63) is 64.9 Å². The lowest BCUT2D eigenvalue weighted by Gasteiger charge is -2.11. The molecule has 29 heavy (non-hydrogen) atoms. The number of nitrogens with zero attached hydrogens (tertiary/aromatic N) is 3. The van der Waals surface area contributed by atoms with Crippen molar-refractivity contribution in [2.24, 2.45) is 0 Å². The Morgan fingerprint density at radius 3 is 2.72 bits per heavy atom. The third kappa shape index (κ3) is 4.15. The normalized spacial score (nSPS) is 13.0. The molecule has 3 aromatic rings. The zero-order valence-electron chi connectivity index (χ0n) is 15.7. The summed E-state index contributed by atoms with van der Waals surface area (Å²) in [6, 6.07) is 11.2. The lowest BCUT2D eigenvalue weighted by atomic mass is 10.2. The zero-order valence-corrected chi connectivity index (χ0v) is 16.5. The second kappa shape index (κ2) is 8.20. The number of aryl methyl sites for hydroxylation is 1. The van der Waals surface area contributed by atoms with Crippen LogP contribution >= 0.6 is 11.3 Å². The topological polar surface area (TPSA) is 76.5 Å². The molecule has 0 unspecified atom stereocenters. The largest absolute Gasteiger partial charge is 0.447 e. The van der Waals surface area contributed by atoms with Crippen LogP contribution in [0.4, 0.5) is 10.5 Å². The van der Waals surface area contributed by atoms with Gasteiger partial charge in [-0.3, -0.25) is 9.69 Å². The number of carbonyl (C=O) groups is 2. The van der Waals surface area contributed by atoms with Crippen molar-refractivity contribution in [2.45, 2.75) is 6.92 Å². The van der Waals surface area contributed by atoms with Gasteiger partial charge in [0.15, 0.2) is 5.13 Å². The maximum Gasteiger partial charge on any atom is 0.414 e. The van der Waals surface area contributed by atoms with Gasteiger partial charge in [-0.25, -0.2) is 9.78 Å². The van der Waals surface area contributed by atoms with Crippen molar-refractivity contribution in [3.8, 4) is 17.0 Å². The summed E-state index contributed by atoms with van der Waals surface area (Å²) in [7, 11) is 0. The van der Waals surface area contributed by atoms with E-state index in [9.17, 15) is 9.59 Å². The Kier molecular flexibility index (Phi) is 5.31. The summed E-state index contributed by atoms with van der Waals surface area (Å²) in [4.78, 5) is 30.6. The lowest BCUT2D eigenvalue weighted by Crippen LogP contribution is -2.23. The summed E-state index contributed by atoms with van der Waals surface area (Å²) in [5.74, 6) is 5.77. The van der Waals surface area contributed by atoms with Gasteiger partial charge < -0.3 is 14.6 Å². The van der Waals surface area contributed by atoms with Crippen molar-refractivity contribution in [2.75, 3.05) is 24.6 Å². The minimum Gasteiger partial charge on any atom is -0.447 e. The maximum atomic E-state index is 12.4. The van der Waals surface area contributed by atoms with Crippen LogP contribution in [-0.4, -0.2) is 41.2 Å². The third-order valence-electron chi connectivity index (χ3n) is 4.33. The molecule has 1 fully saturated rings. The van der Waals surface area contributed by atoms with E-state index in [0.717, 1.165) is 16.4 Å². The average Bonchev–Trinajstić information content (AvgIpc) is 3.46. The minimum atomic E-state index is -0.329. The van der Waals surface area contributed by atoms with Crippen LogP contribution in [0.3, 0.4) is 0 Å². The summed E-state index contributed by atoms with van der Waals surface area (Å²) in [6.45, 7) is 3.02. The first-order valence-corrected chi connectivity index (χ1v) is 9.85. The Bertz CT molecular complexity index is 1090. The van der Waals surface area contributed by atoms with Gasteiger partial charge in [0, 0.05) is 23.6 Å². The highest BCUT2D eigenvalue weighted by Gasteiger charge is 2.23. The summed E-state index contributed by atoms with van der Waals surface area (Å²) < 4.78 is 6.81. The van der Waals surface area contributed by atoms with Gasteiger partial charge in [-0.05, 0) is 43.3 Å². The van der Waals surface area contributed by atoms with E-state index >= 15 is 0 Å². The van der Waals surface area contributed by atoms with E-state index in [1.165, 1.54) is 11.3 Å². The van der Waals surface area contributed by atoms with Crippen molar-refractivity contribution < 1.29 is 14.3 Å². The fourth-order valence-electron chi connectivity index (χ4n) is 2.87. The molecule has 3 heterocycles. The molecule has 8 heteroatoms. The highest BCUT2D eigenvalue weighted by Crippen LogP contribution is 2.21. The average molecular weight is 406 g/mol. The Hall–Kier alpha value is -3.57. The predicted molar refractivity (Wildman–Crippen MR) is 111 cm³/mol. The molecule has 1 aliphatic rings. The number of hydrogen-bond acceptors (Lipinski definition) is 5. The molecule has 4 rings (SSSR count). The first-order chi connectivity index (χ1) is 14.1. The van der Waals surface area contributed by atoms with Crippen molar-refractivity contribution >= 4 is 29.0 Å². The molecule has 1 saturated heterocycles. The predicted octanol–water partition coefficient (Wildman–Crippen LogP) is 2.98. The summed E-state index contributed by atoms with van der Waals surface area (Å²) in [6.07, 6.45) is 3.46. The zero-order chi connectivity index (χ0) is 20.2. The number of cyclic esters (lactones) is 1. The number of carbonyl (C=O) groups excluding carboxylic acids is 2. The van der Waals surface area contributed by atoms with Crippen LogP contribution in [0.5, 0.6) is 0 Å². The monoisotopic (exact) mass is 406 g/mol. The lowest BCUT2D eigenvalue weighted by molar-refractivity contribution is 0.0962. The summed E-state index contributed by atoms with van der Waals surface area (Å²) in [5, 5.41) is 3.57. The second-order valence-electron chi connectivity index (χ2n) is 6.30. The first-order valence-electron chi connectivity index (χ1n) is 9.04. The van der Waals surface area contributed by atoms with Crippen LogP contribution in [0, 0.1) is 18.8 Å². The molecule has 146 valence electrons. The van der Waals surface area contributed by atoms with E-state index in [1.807, 2.05) is 60.3 Å². The molecular formula is C21H18N4O3S. The number of hydrogen-bond donors (Lipinski definition) is 1. The van der Waals surface area contributed by atoms with Gasteiger partial charge in [-0.2, -0.15) is 0 Å². The van der Waals surface area contributed by atoms with E-state index in [4.69, 9.17) is 4.74 Å². The Balaban J connectivity index is 1.34. The van der Waals surface area contributed by atoms with Crippen LogP contribution in [0.1, 0.15) is 20.9 Å². The van der Waals surface area contributed by atoms with Gasteiger partial charge in [0.2, 0.25) is 0 Å². The van der Waals surface area contributed by atoms with Crippen molar-refractivity contribution in [1.82, 2.24) is 14.9 Å². The van der Waals surface area contributed by atoms with Gasteiger partial charge >= 0.3 is 6.09 Å². The Labute approximate surface area is 171 Å². The molecule has 0 aliphatic carbocycles. The van der Waals surface area contributed by atoms with Gasteiger partial charge in [0.1, 0.15) is 11.5 Å². The second-order valence-corrected chi connectivity index (χ2v) is 7.28. The maximum absolute atomic E-state index is 12.4. The Morgan fingerprint density at radius 2 is 2.03 bits per heavy atom. The van der Waals surface area contributed by atoms with Crippen LogP contribution in [0.25, 0.3) is 5.13 Å². The van der Waals surface area contributed by atoms with E-state index in [-0.39, 0.29) is 18.5 Å². The van der Waals surface area contributed by atoms with E-state index in [2.05, 4.69) is 22.1 Å². The van der Waals surface area contributed by atoms with Crippen LogP contribution in [-0.2, 0) is 4.74 Å². The van der Waals surface area contributed by atoms with Crippen LogP contribution in [0.2, 0.25) is 0 Å². The number of thiazole rings is 1. The molecule has 0 spiro atoms. The number of ether oxygens (including phenoxy) is 1. The molecule has 1 aromatic carbocycles. The quantitative estimate of drug-likeness (QED) is 0.676. The fourth-order valence-corrected chi connectivity index (χ4v) is 3.82. The summed E-state index contributed by atoms with van der Waals surface area (Å²) in [5.41, 5.74) is 2.28. The SMILES string of the molecule is Cc1nc(-n2cccc2)sc1C(=O)NCC#Cc1ccc(N2CCOC2=O)cc1. The molecule has 2 amide bonds. The number of anilines is 1. The molecule has 0 atom stereocenters. The highest BCUT2D eigenvalue weighted by molar-refractivity contribution is 7.16. The molecule has 2 aromatic heterocycles. The molecular weight excluding hydrogens is 388 g/mol. The fraction of sp³-hybridized carbons (Fsp3) is 0.190. The molecule has 7 nitrogen and oxygen atoms in total. The van der Waals surface area contributed by atoms with Crippen molar-refractivity contribution in [3.63, 3.8) is 0 Å². The van der Waals surface area contributed by atoms with E-state index < -0.39 is 0 Å². The standard InChI is InChI=1S/C21H18N4O3S/c1-15-18(29-20(23-15)24-11-2-3-12-24)19(26)22-10-4-5-16-6-8-17(9-7-16)25-13-14-28-21(25)27/h2-3,6-9,11-12H,10,13-14H2,1H3,(H,22,26). The number of rotatable bonds is 4. The number of aromatic nitrogens is 2. The van der Waals surface area contributed by atoms with Gasteiger partial charge in [0.25, 0.3) is 5.91 Å². The molecule has 0 bridgehead atoms. The summed E-state index contributed by atoms with van der Waals surface area (Å²) >= 11 is 1.34. The van der Waals surface area contributed by atoms with Crippen LogP contribution in [0.15, 0.2) is 48.8 Å². The molecule has 1 N–H and O–H groups in total. The smallest absolute Gasteiger partial charge is 0.414 e.